The zero-order chi connectivity index (χ0) is 17.6. The lowest BCUT2D eigenvalue weighted by Gasteiger charge is -2.32. The van der Waals surface area contributed by atoms with Crippen molar-refractivity contribution < 1.29 is 9.53 Å². The van der Waals surface area contributed by atoms with Gasteiger partial charge >= 0.3 is 0 Å². The van der Waals surface area contributed by atoms with E-state index in [0.717, 1.165) is 50.3 Å². The van der Waals surface area contributed by atoms with Crippen molar-refractivity contribution >= 4 is 17.4 Å². The van der Waals surface area contributed by atoms with Gasteiger partial charge in [-0.3, -0.25) is 9.69 Å². The summed E-state index contributed by atoms with van der Waals surface area (Å²) >= 11 is 5.92. The van der Waals surface area contributed by atoms with Crippen molar-refractivity contribution in [2.75, 3.05) is 26.8 Å². The van der Waals surface area contributed by atoms with Gasteiger partial charge in [-0.2, -0.15) is 0 Å². The molecule has 5 nitrogen and oxygen atoms in total. The Hall–Kier alpha value is -1.69. The Balaban J connectivity index is 1.62. The molecule has 0 N–H and O–H groups in total. The standard InChI is InChI=1S/C19H24ClN3O2/c1-25-10-9-23-14-21-11-18(23)13-22-8-2-3-16(12-22)19(24)15-4-6-17(20)7-5-15/h4-7,11,14,16H,2-3,8-10,12-13H2,1H3/t16-/m1/s1. The maximum absolute atomic E-state index is 12.8. The van der Waals surface area contributed by atoms with E-state index in [4.69, 9.17) is 16.3 Å². The number of carbonyl (C=O) groups is 1. The van der Waals surface area contributed by atoms with Gasteiger partial charge < -0.3 is 9.30 Å². The average Bonchev–Trinajstić information content (AvgIpc) is 3.07. The predicted octanol–water partition coefficient (Wildman–Crippen LogP) is 3.28. The highest BCUT2D eigenvalue weighted by atomic mass is 35.5. The Labute approximate surface area is 153 Å². The van der Waals surface area contributed by atoms with Gasteiger partial charge in [-0.25, -0.2) is 4.98 Å². The van der Waals surface area contributed by atoms with E-state index < -0.39 is 0 Å². The monoisotopic (exact) mass is 361 g/mol. The topological polar surface area (TPSA) is 47.4 Å². The van der Waals surface area contributed by atoms with Crippen LogP contribution in [0.3, 0.4) is 0 Å². The molecule has 2 aromatic rings. The largest absolute Gasteiger partial charge is 0.383 e. The molecule has 0 aliphatic carbocycles. The van der Waals surface area contributed by atoms with Gasteiger partial charge in [0.1, 0.15) is 0 Å². The summed E-state index contributed by atoms with van der Waals surface area (Å²) < 4.78 is 7.27. The van der Waals surface area contributed by atoms with Crippen molar-refractivity contribution in [3.8, 4) is 0 Å². The molecular formula is C19H24ClN3O2. The first-order valence-corrected chi connectivity index (χ1v) is 9.05. The zero-order valence-corrected chi connectivity index (χ0v) is 15.3. The smallest absolute Gasteiger partial charge is 0.167 e. The highest BCUT2D eigenvalue weighted by Gasteiger charge is 2.27. The molecule has 0 unspecified atom stereocenters. The number of nitrogens with zero attached hydrogens (tertiary/aromatic N) is 3. The van der Waals surface area contributed by atoms with Crippen molar-refractivity contribution in [1.82, 2.24) is 14.5 Å². The van der Waals surface area contributed by atoms with Gasteiger partial charge in [-0.1, -0.05) is 11.6 Å². The van der Waals surface area contributed by atoms with Crippen LogP contribution in [-0.4, -0.2) is 47.0 Å². The van der Waals surface area contributed by atoms with E-state index >= 15 is 0 Å². The third-order valence-corrected chi connectivity index (χ3v) is 4.98. The van der Waals surface area contributed by atoms with Gasteiger partial charge in [-0.05, 0) is 43.7 Å². The minimum atomic E-state index is 0.0465. The third-order valence-electron chi connectivity index (χ3n) is 4.73. The van der Waals surface area contributed by atoms with Crippen LogP contribution in [0.2, 0.25) is 5.02 Å². The number of imidazole rings is 1. The van der Waals surface area contributed by atoms with E-state index in [1.54, 1.807) is 19.2 Å². The first-order valence-electron chi connectivity index (χ1n) is 8.67. The quantitative estimate of drug-likeness (QED) is 0.710. The number of carbonyl (C=O) groups excluding carboxylic acids is 1. The Kier molecular flexibility index (Phi) is 6.24. The highest BCUT2D eigenvalue weighted by Crippen LogP contribution is 2.23. The average molecular weight is 362 g/mol. The Morgan fingerprint density at radius 1 is 1.36 bits per heavy atom. The highest BCUT2D eigenvalue weighted by molar-refractivity contribution is 6.30. The van der Waals surface area contributed by atoms with Crippen LogP contribution in [0, 0.1) is 5.92 Å². The molecule has 25 heavy (non-hydrogen) atoms. The molecule has 6 heteroatoms. The fourth-order valence-corrected chi connectivity index (χ4v) is 3.49. The van der Waals surface area contributed by atoms with Crippen molar-refractivity contribution in [3.05, 3.63) is 53.1 Å². The fraction of sp³-hybridized carbons (Fsp3) is 0.474. The Morgan fingerprint density at radius 2 is 2.16 bits per heavy atom. The number of rotatable bonds is 7. The summed E-state index contributed by atoms with van der Waals surface area (Å²) in [4.78, 5) is 19.4. The number of hydrogen-bond acceptors (Lipinski definition) is 4. The number of ether oxygens (including phenoxy) is 1. The van der Waals surface area contributed by atoms with Gasteiger partial charge in [-0.15, -0.1) is 0 Å². The summed E-state index contributed by atoms with van der Waals surface area (Å²) in [6, 6.07) is 7.21. The maximum atomic E-state index is 12.8. The minimum Gasteiger partial charge on any atom is -0.383 e. The molecule has 3 rings (SSSR count). The summed E-state index contributed by atoms with van der Waals surface area (Å²) in [5.74, 6) is 0.263. The number of methoxy groups -OCH3 is 1. The van der Waals surface area contributed by atoms with E-state index in [1.807, 2.05) is 24.7 Å². The number of benzene rings is 1. The van der Waals surface area contributed by atoms with E-state index in [9.17, 15) is 4.79 Å². The first-order chi connectivity index (χ1) is 12.2. The lowest BCUT2D eigenvalue weighted by Crippen LogP contribution is -2.38. The van der Waals surface area contributed by atoms with Gasteiger partial charge in [0, 0.05) is 49.4 Å². The van der Waals surface area contributed by atoms with Crippen molar-refractivity contribution in [2.24, 2.45) is 5.92 Å². The molecule has 1 saturated heterocycles. The summed E-state index contributed by atoms with van der Waals surface area (Å²) in [6.45, 7) is 4.08. The maximum Gasteiger partial charge on any atom is 0.167 e. The third kappa shape index (κ3) is 4.69. The van der Waals surface area contributed by atoms with Gasteiger partial charge in [0.25, 0.3) is 0 Å². The second-order valence-corrected chi connectivity index (χ2v) is 6.95. The fourth-order valence-electron chi connectivity index (χ4n) is 3.36. The number of halogens is 1. The van der Waals surface area contributed by atoms with Crippen LogP contribution in [0.5, 0.6) is 0 Å². The molecular weight excluding hydrogens is 338 g/mol. The molecule has 0 spiro atoms. The molecule has 134 valence electrons. The van der Waals surface area contributed by atoms with E-state index in [-0.39, 0.29) is 11.7 Å². The van der Waals surface area contributed by atoms with Gasteiger partial charge in [0.2, 0.25) is 0 Å². The normalized spacial score (nSPS) is 18.4. The molecule has 1 fully saturated rings. The van der Waals surface area contributed by atoms with Crippen LogP contribution < -0.4 is 0 Å². The molecule has 1 aliphatic rings. The Morgan fingerprint density at radius 3 is 2.92 bits per heavy atom. The van der Waals surface area contributed by atoms with Gasteiger partial charge in [0.05, 0.1) is 18.6 Å². The van der Waals surface area contributed by atoms with Crippen LogP contribution in [0.15, 0.2) is 36.8 Å². The summed E-state index contributed by atoms with van der Waals surface area (Å²) in [7, 11) is 1.70. The molecule has 0 bridgehead atoms. The molecule has 1 atom stereocenters. The summed E-state index contributed by atoms with van der Waals surface area (Å²) in [5.41, 5.74) is 1.91. The van der Waals surface area contributed by atoms with E-state index in [2.05, 4.69) is 14.5 Å². The molecule has 2 heterocycles. The van der Waals surface area contributed by atoms with Crippen molar-refractivity contribution in [2.45, 2.75) is 25.9 Å². The number of ketones is 1. The minimum absolute atomic E-state index is 0.0465. The molecule has 1 aromatic heterocycles. The molecule has 0 radical (unpaired) electrons. The molecule has 1 aliphatic heterocycles. The van der Waals surface area contributed by atoms with Crippen LogP contribution in [0.4, 0.5) is 0 Å². The number of Topliss-reactive ketones (excluding diaryl/α,β-unsaturated/α-hetero) is 1. The first kappa shape index (κ1) is 18.1. The zero-order valence-electron chi connectivity index (χ0n) is 14.5. The SMILES string of the molecule is COCCn1cncc1CN1CCC[C@@H](C(=O)c2ccc(Cl)cc2)C1. The van der Waals surface area contributed by atoms with E-state index in [0.29, 0.717) is 11.6 Å². The van der Waals surface area contributed by atoms with Gasteiger partial charge in [0.15, 0.2) is 5.78 Å². The second-order valence-electron chi connectivity index (χ2n) is 6.52. The lowest BCUT2D eigenvalue weighted by molar-refractivity contribution is 0.0808. The van der Waals surface area contributed by atoms with Crippen molar-refractivity contribution in [1.29, 1.82) is 0 Å². The van der Waals surface area contributed by atoms with E-state index in [1.165, 1.54) is 0 Å². The Bertz CT molecular complexity index is 699. The number of piperidine rings is 1. The summed E-state index contributed by atoms with van der Waals surface area (Å²) in [6.07, 6.45) is 5.73. The molecule has 0 saturated carbocycles. The lowest BCUT2D eigenvalue weighted by atomic mass is 9.90. The van der Waals surface area contributed by atoms with Crippen LogP contribution in [-0.2, 0) is 17.8 Å². The van der Waals surface area contributed by atoms with Crippen LogP contribution in [0.1, 0.15) is 28.9 Å². The number of aromatic nitrogens is 2. The molecule has 0 amide bonds. The van der Waals surface area contributed by atoms with Crippen molar-refractivity contribution in [3.63, 3.8) is 0 Å². The molecule has 1 aromatic carbocycles. The summed E-state index contributed by atoms with van der Waals surface area (Å²) in [5, 5.41) is 0.658. The van der Waals surface area contributed by atoms with Crippen LogP contribution >= 0.6 is 11.6 Å². The number of hydrogen-bond donors (Lipinski definition) is 0. The van der Waals surface area contributed by atoms with Crippen LogP contribution in [0.25, 0.3) is 0 Å². The predicted molar refractivity (Wildman–Crippen MR) is 97.9 cm³/mol. The number of likely N-dealkylation sites (tertiary alicyclic amines) is 1. The second kappa shape index (κ2) is 8.61.